The molecule has 1 aliphatic rings. The lowest BCUT2D eigenvalue weighted by Gasteiger charge is -2.17. The Labute approximate surface area is 215 Å². The number of fused-ring (bicyclic) bond motifs is 1. The molecule has 184 valence electrons. The third-order valence-electron chi connectivity index (χ3n) is 6.79. The van der Waals surface area contributed by atoms with Crippen molar-refractivity contribution in [3.05, 3.63) is 82.9 Å². The largest absolute Gasteiger partial charge is 0.497 e. The summed E-state index contributed by atoms with van der Waals surface area (Å²) >= 11 is 1.58. The minimum absolute atomic E-state index is 0.0168. The molecule has 1 saturated heterocycles. The average Bonchev–Trinajstić information content (AvgIpc) is 3.52. The van der Waals surface area contributed by atoms with Gasteiger partial charge in [-0.25, -0.2) is 0 Å². The van der Waals surface area contributed by atoms with Crippen LogP contribution in [-0.4, -0.2) is 36.8 Å². The van der Waals surface area contributed by atoms with Gasteiger partial charge in [0.25, 0.3) is 0 Å². The summed E-state index contributed by atoms with van der Waals surface area (Å²) in [6.45, 7) is 6.82. The topological polar surface area (TPSA) is 58.6 Å². The van der Waals surface area contributed by atoms with Crippen LogP contribution in [0.3, 0.4) is 0 Å². The van der Waals surface area contributed by atoms with Crippen LogP contribution in [0.4, 0.5) is 5.69 Å². The highest BCUT2D eigenvalue weighted by atomic mass is 32.1. The van der Waals surface area contributed by atoms with Crippen molar-refractivity contribution in [3.63, 3.8) is 0 Å². The molecule has 1 amide bonds. The molecule has 1 aliphatic heterocycles. The number of thiophene rings is 1. The molecule has 0 aliphatic carbocycles. The summed E-state index contributed by atoms with van der Waals surface area (Å²) in [6.07, 6.45) is 2.53. The van der Waals surface area contributed by atoms with Crippen molar-refractivity contribution in [1.82, 2.24) is 4.90 Å². The van der Waals surface area contributed by atoms with Crippen LogP contribution in [0.5, 0.6) is 5.75 Å². The lowest BCUT2D eigenvalue weighted by molar-refractivity contribution is -0.114. The molecule has 1 fully saturated rings. The van der Waals surface area contributed by atoms with Crippen molar-refractivity contribution in [1.29, 1.82) is 0 Å². The first-order valence-electron chi connectivity index (χ1n) is 12.3. The van der Waals surface area contributed by atoms with Crippen LogP contribution >= 0.6 is 11.3 Å². The number of hydrogen-bond acceptors (Lipinski definition) is 5. The van der Waals surface area contributed by atoms with Crippen molar-refractivity contribution in [2.45, 2.75) is 33.2 Å². The molecular weight excluding hydrogens is 468 g/mol. The summed E-state index contributed by atoms with van der Waals surface area (Å²) in [7, 11) is 1.65. The molecule has 5 rings (SSSR count). The van der Waals surface area contributed by atoms with Gasteiger partial charge >= 0.3 is 0 Å². The molecule has 0 saturated carbocycles. The van der Waals surface area contributed by atoms with Gasteiger partial charge in [-0.05, 0) is 85.9 Å². The van der Waals surface area contributed by atoms with Gasteiger partial charge in [-0.2, -0.15) is 0 Å². The van der Waals surface area contributed by atoms with E-state index in [4.69, 9.17) is 4.74 Å². The van der Waals surface area contributed by atoms with Crippen molar-refractivity contribution in [2.24, 2.45) is 0 Å². The standard InChI is InChI=1S/C30H30N2O3S/c1-19-16-22(6-7-23(19)18-32-14-4-5-15-32)29(34)28-26-13-12-25(35-3)17-27(26)36-30(28)21-8-10-24(11-9-21)31-20(2)33/h6-13,16-17H,4-5,14-15,18H2,1-3H3,(H,31,33). The monoisotopic (exact) mass is 498 g/mol. The summed E-state index contributed by atoms with van der Waals surface area (Å²) in [5, 5.41) is 3.72. The molecule has 2 heterocycles. The van der Waals surface area contributed by atoms with Crippen molar-refractivity contribution < 1.29 is 14.3 Å². The summed E-state index contributed by atoms with van der Waals surface area (Å²) < 4.78 is 6.44. The zero-order valence-electron chi connectivity index (χ0n) is 20.9. The van der Waals surface area contributed by atoms with Crippen LogP contribution in [0.2, 0.25) is 0 Å². The zero-order valence-corrected chi connectivity index (χ0v) is 21.7. The maximum Gasteiger partial charge on any atom is 0.221 e. The summed E-state index contributed by atoms with van der Waals surface area (Å²) in [4.78, 5) is 28.8. The first kappa shape index (κ1) is 24.2. The second kappa shape index (κ2) is 10.2. The van der Waals surface area contributed by atoms with Gasteiger partial charge in [0.2, 0.25) is 5.91 Å². The maximum atomic E-state index is 14.0. The number of aryl methyl sites for hydroxylation is 1. The van der Waals surface area contributed by atoms with Gasteiger partial charge in [-0.1, -0.05) is 24.3 Å². The van der Waals surface area contributed by atoms with E-state index in [2.05, 4.69) is 23.2 Å². The summed E-state index contributed by atoms with van der Waals surface area (Å²) in [5.74, 6) is 0.664. The average molecular weight is 499 g/mol. The number of ketones is 1. The van der Waals surface area contributed by atoms with Gasteiger partial charge in [-0.15, -0.1) is 11.3 Å². The van der Waals surface area contributed by atoms with Gasteiger partial charge in [0.15, 0.2) is 5.78 Å². The Morgan fingerprint density at radius 2 is 1.75 bits per heavy atom. The quantitative estimate of drug-likeness (QED) is 0.289. The van der Waals surface area contributed by atoms with E-state index in [9.17, 15) is 9.59 Å². The Balaban J connectivity index is 1.55. The Morgan fingerprint density at radius 3 is 2.42 bits per heavy atom. The number of anilines is 1. The van der Waals surface area contributed by atoms with Gasteiger partial charge < -0.3 is 10.1 Å². The maximum absolute atomic E-state index is 14.0. The minimum Gasteiger partial charge on any atom is -0.497 e. The van der Waals surface area contributed by atoms with Crippen LogP contribution in [0, 0.1) is 6.92 Å². The number of amides is 1. The van der Waals surface area contributed by atoms with E-state index >= 15 is 0 Å². The van der Waals surface area contributed by atoms with Crippen LogP contribution in [-0.2, 0) is 11.3 Å². The van der Waals surface area contributed by atoms with Crippen LogP contribution in [0.15, 0.2) is 60.7 Å². The molecule has 0 spiro atoms. The number of nitrogens with zero attached hydrogens (tertiary/aromatic N) is 1. The molecule has 0 atom stereocenters. The van der Waals surface area contributed by atoms with Crippen molar-refractivity contribution in [3.8, 4) is 16.2 Å². The molecule has 0 unspecified atom stereocenters. The van der Waals surface area contributed by atoms with E-state index in [1.807, 2.05) is 54.6 Å². The number of carbonyl (C=O) groups excluding carboxylic acids is 2. The number of rotatable bonds is 7. The molecule has 1 N–H and O–H groups in total. The molecule has 6 heteroatoms. The number of likely N-dealkylation sites (tertiary alicyclic amines) is 1. The SMILES string of the molecule is COc1ccc2c(C(=O)c3ccc(CN4CCCC4)c(C)c3)c(-c3ccc(NC(C)=O)cc3)sc2c1. The van der Waals surface area contributed by atoms with Gasteiger partial charge in [0.1, 0.15) is 5.75 Å². The van der Waals surface area contributed by atoms with E-state index in [-0.39, 0.29) is 11.7 Å². The Bertz CT molecular complexity index is 1430. The second-order valence-electron chi connectivity index (χ2n) is 9.38. The number of carbonyl (C=O) groups is 2. The number of nitrogens with one attached hydrogen (secondary N) is 1. The van der Waals surface area contributed by atoms with E-state index in [1.165, 1.54) is 25.3 Å². The fourth-order valence-corrected chi connectivity index (χ4v) is 6.12. The van der Waals surface area contributed by atoms with E-state index in [0.29, 0.717) is 11.1 Å². The summed E-state index contributed by atoms with van der Waals surface area (Å²) in [6, 6.07) is 19.6. The van der Waals surface area contributed by atoms with Crippen LogP contribution < -0.4 is 10.1 Å². The Kier molecular flexibility index (Phi) is 6.90. The molecule has 5 nitrogen and oxygen atoms in total. The second-order valence-corrected chi connectivity index (χ2v) is 10.4. The lowest BCUT2D eigenvalue weighted by Crippen LogP contribution is -2.19. The molecule has 0 radical (unpaired) electrons. The highest BCUT2D eigenvalue weighted by Gasteiger charge is 2.23. The van der Waals surface area contributed by atoms with Gasteiger partial charge in [0, 0.05) is 45.2 Å². The Hall–Kier alpha value is -3.48. The highest BCUT2D eigenvalue weighted by Crippen LogP contribution is 2.41. The predicted molar refractivity (Wildman–Crippen MR) is 147 cm³/mol. The van der Waals surface area contributed by atoms with E-state index in [1.54, 1.807) is 18.4 Å². The molecule has 3 aromatic carbocycles. The van der Waals surface area contributed by atoms with Crippen molar-refractivity contribution in [2.75, 3.05) is 25.5 Å². The smallest absolute Gasteiger partial charge is 0.221 e. The fourth-order valence-electron chi connectivity index (χ4n) is 4.88. The third kappa shape index (κ3) is 4.92. The van der Waals surface area contributed by atoms with Crippen LogP contribution in [0.25, 0.3) is 20.5 Å². The molecule has 4 aromatic rings. The molecule has 36 heavy (non-hydrogen) atoms. The van der Waals surface area contributed by atoms with Gasteiger partial charge in [-0.3, -0.25) is 14.5 Å². The summed E-state index contributed by atoms with van der Waals surface area (Å²) in [5.41, 5.74) is 5.50. The normalized spacial score (nSPS) is 13.8. The molecular formula is C30H30N2O3S. The van der Waals surface area contributed by atoms with E-state index < -0.39 is 0 Å². The Morgan fingerprint density at radius 1 is 1.00 bits per heavy atom. The number of ether oxygens (including phenoxy) is 1. The predicted octanol–water partition coefficient (Wildman–Crippen LogP) is 6.67. The van der Waals surface area contributed by atoms with Gasteiger partial charge in [0.05, 0.1) is 7.11 Å². The van der Waals surface area contributed by atoms with Crippen molar-refractivity contribution >= 4 is 38.8 Å². The highest BCUT2D eigenvalue weighted by molar-refractivity contribution is 7.22. The molecule has 1 aromatic heterocycles. The van der Waals surface area contributed by atoms with Crippen LogP contribution in [0.1, 0.15) is 46.8 Å². The lowest BCUT2D eigenvalue weighted by atomic mass is 9.95. The first-order chi connectivity index (χ1) is 17.4. The number of methoxy groups -OCH3 is 1. The third-order valence-corrected chi connectivity index (χ3v) is 7.99. The molecule has 0 bridgehead atoms. The minimum atomic E-state index is -0.115. The fraction of sp³-hybridized carbons (Fsp3) is 0.267. The number of hydrogen-bond donors (Lipinski definition) is 1. The number of benzene rings is 3. The van der Waals surface area contributed by atoms with E-state index in [0.717, 1.165) is 57.2 Å². The zero-order chi connectivity index (χ0) is 25.2. The first-order valence-corrected chi connectivity index (χ1v) is 13.1.